The molecule has 0 fully saturated rings. The summed E-state index contributed by atoms with van der Waals surface area (Å²) >= 11 is 0. The van der Waals surface area contributed by atoms with Crippen LogP contribution < -0.4 is 0 Å². The van der Waals surface area contributed by atoms with Gasteiger partial charge in [0.15, 0.2) is 0 Å². The summed E-state index contributed by atoms with van der Waals surface area (Å²) in [6.07, 6.45) is 6.92. The van der Waals surface area contributed by atoms with Gasteiger partial charge in [0.25, 0.3) is 0 Å². The van der Waals surface area contributed by atoms with Gasteiger partial charge in [-0.05, 0) is 48.4 Å². The SMILES string of the molecule is CC[SiH2]C(CCCCSSSCCCCC(OC)(OC)[SiH2]CC)(OC)OC. The van der Waals surface area contributed by atoms with Crippen LogP contribution in [-0.4, -0.2) is 69.8 Å². The van der Waals surface area contributed by atoms with Gasteiger partial charge in [-0.3, -0.25) is 0 Å². The molecule has 0 amide bonds. The summed E-state index contributed by atoms with van der Waals surface area (Å²) in [5.41, 5.74) is -0.469. The first-order valence-electron chi connectivity index (χ1n) is 10.2. The fourth-order valence-electron chi connectivity index (χ4n) is 3.21. The van der Waals surface area contributed by atoms with Gasteiger partial charge in [0.05, 0.1) is 19.0 Å². The molecule has 0 bridgehead atoms. The van der Waals surface area contributed by atoms with Gasteiger partial charge in [0.2, 0.25) is 0 Å². The minimum absolute atomic E-state index is 0.235. The molecule has 0 unspecified atom stereocenters. The van der Waals surface area contributed by atoms with Crippen LogP contribution in [0.1, 0.15) is 52.4 Å². The maximum atomic E-state index is 5.67. The van der Waals surface area contributed by atoms with Crippen molar-refractivity contribution in [1.82, 2.24) is 0 Å². The van der Waals surface area contributed by atoms with Gasteiger partial charge in [0, 0.05) is 39.9 Å². The summed E-state index contributed by atoms with van der Waals surface area (Å²) in [5, 5.41) is 0. The fourth-order valence-corrected chi connectivity index (χ4v) is 10.6. The molecule has 0 atom stereocenters. The number of ether oxygens (including phenoxy) is 4. The Bertz CT molecular complexity index is 304. The van der Waals surface area contributed by atoms with Crippen LogP contribution in [0.3, 0.4) is 0 Å². The third kappa shape index (κ3) is 12.6. The molecule has 164 valence electrons. The molecule has 0 heterocycles. The monoisotopic (exact) mass is 474 g/mol. The Morgan fingerprint density at radius 3 is 1.30 bits per heavy atom. The summed E-state index contributed by atoms with van der Waals surface area (Å²) in [7, 11) is 12.4. The van der Waals surface area contributed by atoms with Gasteiger partial charge in [-0.1, -0.05) is 47.5 Å². The van der Waals surface area contributed by atoms with Crippen molar-refractivity contribution >= 4 is 50.5 Å². The lowest BCUT2D eigenvalue weighted by Gasteiger charge is -2.30. The highest BCUT2D eigenvalue weighted by atomic mass is 33.5. The molecule has 0 aliphatic rings. The first-order chi connectivity index (χ1) is 13.1. The van der Waals surface area contributed by atoms with Crippen LogP contribution in [0.4, 0.5) is 0 Å². The molecule has 0 aromatic carbocycles. The molecule has 0 radical (unpaired) electrons. The van der Waals surface area contributed by atoms with Crippen LogP contribution in [0.2, 0.25) is 12.1 Å². The Balaban J connectivity index is 3.65. The van der Waals surface area contributed by atoms with E-state index in [1.54, 1.807) is 28.4 Å². The molecule has 0 aromatic heterocycles. The van der Waals surface area contributed by atoms with Crippen molar-refractivity contribution in [3.63, 3.8) is 0 Å². The minimum atomic E-state index is -0.321. The van der Waals surface area contributed by atoms with E-state index >= 15 is 0 Å². The molecule has 9 heteroatoms. The first kappa shape index (κ1) is 28.3. The molecule has 4 nitrogen and oxygen atoms in total. The maximum absolute atomic E-state index is 5.67. The summed E-state index contributed by atoms with van der Waals surface area (Å²) in [6.45, 7) is 4.47. The van der Waals surface area contributed by atoms with E-state index in [4.69, 9.17) is 18.9 Å². The molecular weight excluding hydrogens is 433 g/mol. The maximum Gasteiger partial charge on any atom is 0.144 e. The van der Waals surface area contributed by atoms with Crippen molar-refractivity contribution in [2.45, 2.75) is 75.3 Å². The Morgan fingerprint density at radius 2 is 1.00 bits per heavy atom. The molecule has 0 aliphatic heterocycles. The molecular formula is C18H42O4S3Si2. The van der Waals surface area contributed by atoms with E-state index in [9.17, 15) is 0 Å². The van der Waals surface area contributed by atoms with Crippen LogP contribution in [-0.2, 0) is 18.9 Å². The number of hydrogen-bond donors (Lipinski definition) is 0. The molecule has 0 aromatic rings. The third-order valence-corrected chi connectivity index (χ3v) is 13.7. The zero-order chi connectivity index (χ0) is 20.4. The van der Waals surface area contributed by atoms with E-state index in [0.717, 1.165) is 12.8 Å². The van der Waals surface area contributed by atoms with Gasteiger partial charge in [0.1, 0.15) is 10.8 Å². The second-order valence-corrected chi connectivity index (χ2v) is 16.4. The molecule has 0 spiro atoms. The van der Waals surface area contributed by atoms with E-state index in [1.807, 2.05) is 31.4 Å². The van der Waals surface area contributed by atoms with Gasteiger partial charge in [-0.2, -0.15) is 0 Å². The van der Waals surface area contributed by atoms with Crippen LogP contribution >= 0.6 is 31.4 Å². The van der Waals surface area contributed by atoms with E-state index < -0.39 is 0 Å². The molecule has 0 saturated heterocycles. The van der Waals surface area contributed by atoms with E-state index in [1.165, 1.54) is 49.3 Å². The molecule has 0 aliphatic carbocycles. The number of methoxy groups -OCH3 is 4. The van der Waals surface area contributed by atoms with Crippen LogP contribution in [0, 0.1) is 0 Å². The van der Waals surface area contributed by atoms with E-state index in [-0.39, 0.29) is 29.9 Å². The Morgan fingerprint density at radius 1 is 0.630 bits per heavy atom. The summed E-state index contributed by atoms with van der Waals surface area (Å²) in [5.74, 6) is 2.40. The highest BCUT2D eigenvalue weighted by molar-refractivity contribution is 9.09. The van der Waals surface area contributed by atoms with Crippen molar-refractivity contribution in [3.05, 3.63) is 0 Å². The Kier molecular flexibility index (Phi) is 19.0. The smallest absolute Gasteiger partial charge is 0.144 e. The second-order valence-electron chi connectivity index (χ2n) is 6.76. The van der Waals surface area contributed by atoms with Crippen LogP contribution in [0.5, 0.6) is 0 Å². The standard InChI is InChI=1S/C18H42O4S3Si2/c1-7-26-17(19-3,20-4)13-9-11-15-23-25-24-16-12-10-14-18(21-5,22-6)27-8-2/h7-16,26-27H2,1-6H3. The van der Waals surface area contributed by atoms with Gasteiger partial charge < -0.3 is 18.9 Å². The van der Waals surface area contributed by atoms with Crippen LogP contribution in [0.25, 0.3) is 0 Å². The average molecular weight is 475 g/mol. The lowest BCUT2D eigenvalue weighted by Crippen LogP contribution is -2.40. The minimum Gasteiger partial charge on any atom is -0.358 e. The Hall–Kier alpha value is 1.32. The second kappa shape index (κ2) is 18.1. The van der Waals surface area contributed by atoms with Crippen molar-refractivity contribution in [2.24, 2.45) is 0 Å². The lowest BCUT2D eigenvalue weighted by atomic mass is 10.2. The lowest BCUT2D eigenvalue weighted by molar-refractivity contribution is -0.149. The third-order valence-electron chi connectivity index (χ3n) is 4.92. The zero-order valence-corrected chi connectivity index (χ0v) is 23.6. The molecule has 0 rings (SSSR count). The highest BCUT2D eigenvalue weighted by Gasteiger charge is 2.28. The highest BCUT2D eigenvalue weighted by Crippen LogP contribution is 2.36. The topological polar surface area (TPSA) is 36.9 Å². The van der Waals surface area contributed by atoms with Crippen molar-refractivity contribution < 1.29 is 18.9 Å². The first-order valence-corrected chi connectivity index (χ1v) is 17.4. The van der Waals surface area contributed by atoms with E-state index in [0.29, 0.717) is 0 Å². The normalized spacial score (nSPS) is 13.6. The molecule has 0 saturated carbocycles. The van der Waals surface area contributed by atoms with E-state index in [2.05, 4.69) is 13.8 Å². The van der Waals surface area contributed by atoms with Gasteiger partial charge >= 0.3 is 0 Å². The van der Waals surface area contributed by atoms with Crippen molar-refractivity contribution in [3.8, 4) is 0 Å². The zero-order valence-electron chi connectivity index (χ0n) is 18.3. The van der Waals surface area contributed by atoms with Gasteiger partial charge in [-0.25, -0.2) is 0 Å². The quantitative estimate of drug-likeness (QED) is 0.112. The predicted molar refractivity (Wildman–Crippen MR) is 132 cm³/mol. The largest absolute Gasteiger partial charge is 0.358 e. The predicted octanol–water partition coefficient (Wildman–Crippen LogP) is 4.46. The number of rotatable bonds is 20. The Labute approximate surface area is 184 Å². The van der Waals surface area contributed by atoms with Crippen LogP contribution in [0.15, 0.2) is 0 Å². The molecule has 27 heavy (non-hydrogen) atoms. The fraction of sp³-hybridized carbons (Fsp3) is 1.00. The molecule has 0 N–H and O–H groups in total. The summed E-state index contributed by atoms with van der Waals surface area (Å²) in [4.78, 5) is 0. The number of unbranched alkanes of at least 4 members (excludes halogenated alkanes) is 2. The average Bonchev–Trinajstić information content (AvgIpc) is 2.70. The summed E-state index contributed by atoms with van der Waals surface area (Å²) < 4.78 is 22.7. The number of hydrogen-bond acceptors (Lipinski definition) is 7. The van der Waals surface area contributed by atoms with Crippen molar-refractivity contribution in [2.75, 3.05) is 39.9 Å². The van der Waals surface area contributed by atoms with Crippen molar-refractivity contribution in [1.29, 1.82) is 0 Å². The summed E-state index contributed by atoms with van der Waals surface area (Å²) in [6, 6.07) is 2.44. The van der Waals surface area contributed by atoms with Gasteiger partial charge in [-0.15, -0.1) is 0 Å².